The molecule has 0 spiro atoms. The van der Waals surface area contributed by atoms with Gasteiger partial charge in [-0.15, -0.1) is 0 Å². The summed E-state index contributed by atoms with van der Waals surface area (Å²) in [5.74, 6) is 1.50. The molecule has 0 radical (unpaired) electrons. The predicted molar refractivity (Wildman–Crippen MR) is 33.2 cm³/mol. The maximum absolute atomic E-state index is 11.2. The number of ketones is 2. The molecule has 3 saturated carbocycles. The van der Waals surface area contributed by atoms with Gasteiger partial charge in [-0.05, 0) is 12.8 Å². The highest BCUT2D eigenvalue weighted by Crippen LogP contribution is 2.58. The summed E-state index contributed by atoms with van der Waals surface area (Å²) < 4.78 is 0. The molecule has 2 nitrogen and oxygen atoms in total. The van der Waals surface area contributed by atoms with E-state index in [4.69, 9.17) is 0 Å². The Labute approximate surface area is 58.6 Å². The molecular weight excluding hydrogens is 128 g/mol. The van der Waals surface area contributed by atoms with Crippen molar-refractivity contribution < 1.29 is 9.59 Å². The lowest BCUT2D eigenvalue weighted by molar-refractivity contribution is -0.130. The molecule has 10 heavy (non-hydrogen) atoms. The first-order chi connectivity index (χ1) is 4.79. The lowest BCUT2D eigenvalue weighted by Gasteiger charge is -2.03. The van der Waals surface area contributed by atoms with Crippen molar-refractivity contribution in [2.45, 2.75) is 12.8 Å². The molecule has 3 fully saturated rings. The molecule has 2 heteroatoms. The van der Waals surface area contributed by atoms with Crippen molar-refractivity contribution in [2.24, 2.45) is 23.7 Å². The minimum atomic E-state index is 0.177. The number of hydrogen-bond acceptors (Lipinski definition) is 2. The third kappa shape index (κ3) is 0.395. The standard InChI is InChI=1S/C8H8O2/c9-7-3-1-4(3)8(10)6-2-5(6)7/h3-6H,1-2H2/t3-,4-,5-,6+/m1/s1. The van der Waals surface area contributed by atoms with Gasteiger partial charge in [0.15, 0.2) is 0 Å². The van der Waals surface area contributed by atoms with E-state index in [9.17, 15) is 9.59 Å². The molecule has 0 aromatic carbocycles. The zero-order valence-electron chi connectivity index (χ0n) is 5.54. The minimum absolute atomic E-state index is 0.177. The van der Waals surface area contributed by atoms with Crippen molar-refractivity contribution in [2.75, 3.05) is 0 Å². The van der Waals surface area contributed by atoms with Gasteiger partial charge in [0.05, 0.1) is 0 Å². The van der Waals surface area contributed by atoms with Crippen molar-refractivity contribution in [3.05, 3.63) is 0 Å². The van der Waals surface area contributed by atoms with Gasteiger partial charge >= 0.3 is 0 Å². The molecule has 0 aliphatic heterocycles. The summed E-state index contributed by atoms with van der Waals surface area (Å²) in [7, 11) is 0. The van der Waals surface area contributed by atoms with E-state index < -0.39 is 0 Å². The Morgan fingerprint density at radius 1 is 0.800 bits per heavy atom. The topological polar surface area (TPSA) is 34.1 Å². The fraction of sp³-hybridized carbons (Fsp3) is 0.750. The van der Waals surface area contributed by atoms with Crippen molar-refractivity contribution in [3.8, 4) is 0 Å². The van der Waals surface area contributed by atoms with E-state index in [1.54, 1.807) is 0 Å². The molecule has 0 bridgehead atoms. The Kier molecular flexibility index (Phi) is 0.607. The second kappa shape index (κ2) is 1.20. The van der Waals surface area contributed by atoms with Gasteiger partial charge in [-0.25, -0.2) is 0 Å². The van der Waals surface area contributed by atoms with Crippen molar-refractivity contribution in [3.63, 3.8) is 0 Å². The molecule has 3 aliphatic carbocycles. The molecule has 3 aliphatic rings. The van der Waals surface area contributed by atoms with Crippen LogP contribution in [0.4, 0.5) is 0 Å². The van der Waals surface area contributed by atoms with Gasteiger partial charge in [0, 0.05) is 23.7 Å². The van der Waals surface area contributed by atoms with E-state index in [2.05, 4.69) is 0 Å². The molecule has 0 aromatic rings. The molecule has 52 valence electrons. The van der Waals surface area contributed by atoms with Gasteiger partial charge in [-0.3, -0.25) is 9.59 Å². The Hall–Kier alpha value is -0.660. The summed E-state index contributed by atoms with van der Waals surface area (Å²) in [5, 5.41) is 0. The average Bonchev–Trinajstić information content (AvgIpc) is 2.77. The monoisotopic (exact) mass is 136 g/mol. The van der Waals surface area contributed by atoms with E-state index in [1.807, 2.05) is 0 Å². The van der Waals surface area contributed by atoms with Gasteiger partial charge in [0.1, 0.15) is 11.6 Å². The van der Waals surface area contributed by atoms with Crippen LogP contribution in [0, 0.1) is 23.7 Å². The number of Topliss-reactive ketones (excluding diaryl/α,β-unsaturated/α-hetero) is 2. The number of fused-ring (bicyclic) bond motifs is 2. The molecule has 0 aromatic heterocycles. The smallest absolute Gasteiger partial charge is 0.140 e. The van der Waals surface area contributed by atoms with Gasteiger partial charge in [0.25, 0.3) is 0 Å². The SMILES string of the molecule is O=C1[C@H]2C[C@H]2C(=O)[C@@H]2C[C@@H]12. The zero-order valence-corrected chi connectivity index (χ0v) is 5.54. The van der Waals surface area contributed by atoms with Crippen LogP contribution in [-0.4, -0.2) is 11.6 Å². The Balaban J connectivity index is 2.01. The average molecular weight is 136 g/mol. The molecule has 0 N–H and O–H groups in total. The second-order valence-electron chi connectivity index (χ2n) is 3.70. The molecule has 4 atom stereocenters. The van der Waals surface area contributed by atoms with Crippen LogP contribution in [0.5, 0.6) is 0 Å². The number of carbonyl (C=O) groups is 2. The maximum Gasteiger partial charge on any atom is 0.140 e. The Morgan fingerprint density at radius 3 is 1.40 bits per heavy atom. The first kappa shape index (κ1) is 5.05. The predicted octanol–water partition coefficient (Wildman–Crippen LogP) is 0.410. The highest BCUT2D eigenvalue weighted by molar-refractivity contribution is 6.06. The molecule has 0 amide bonds. The van der Waals surface area contributed by atoms with Crippen LogP contribution >= 0.6 is 0 Å². The van der Waals surface area contributed by atoms with Crippen LogP contribution in [0.15, 0.2) is 0 Å². The van der Waals surface area contributed by atoms with E-state index in [1.165, 1.54) is 0 Å². The summed E-state index contributed by atoms with van der Waals surface area (Å²) >= 11 is 0. The van der Waals surface area contributed by atoms with Crippen LogP contribution in [0.3, 0.4) is 0 Å². The third-order valence-corrected chi connectivity index (χ3v) is 3.04. The number of hydrogen-bond donors (Lipinski definition) is 0. The zero-order chi connectivity index (χ0) is 6.88. The Morgan fingerprint density at radius 2 is 1.10 bits per heavy atom. The van der Waals surface area contributed by atoms with Crippen LogP contribution in [0.25, 0.3) is 0 Å². The minimum Gasteiger partial charge on any atom is -0.299 e. The summed E-state index contributed by atoms with van der Waals surface area (Å²) in [6.07, 6.45) is 1.76. The van der Waals surface area contributed by atoms with Crippen LogP contribution in [0.1, 0.15) is 12.8 Å². The molecule has 3 rings (SSSR count). The molecule has 0 heterocycles. The number of rotatable bonds is 0. The van der Waals surface area contributed by atoms with E-state index in [0.717, 1.165) is 12.8 Å². The fourth-order valence-corrected chi connectivity index (χ4v) is 2.20. The van der Waals surface area contributed by atoms with Crippen LogP contribution in [-0.2, 0) is 9.59 Å². The highest BCUT2D eigenvalue weighted by Gasteiger charge is 2.64. The molecular formula is C8H8O2. The van der Waals surface area contributed by atoms with Crippen molar-refractivity contribution in [1.82, 2.24) is 0 Å². The highest BCUT2D eigenvalue weighted by atomic mass is 16.1. The maximum atomic E-state index is 11.2. The van der Waals surface area contributed by atoms with Gasteiger partial charge in [0.2, 0.25) is 0 Å². The first-order valence-corrected chi connectivity index (χ1v) is 3.86. The quantitative estimate of drug-likeness (QED) is 0.483. The van der Waals surface area contributed by atoms with Gasteiger partial charge in [-0.1, -0.05) is 0 Å². The van der Waals surface area contributed by atoms with Crippen molar-refractivity contribution >= 4 is 11.6 Å². The van der Waals surface area contributed by atoms with Gasteiger partial charge in [-0.2, -0.15) is 0 Å². The Bertz CT molecular complexity index is 198. The molecule has 0 saturated heterocycles. The normalized spacial score (nSPS) is 55.6. The lowest BCUT2D eigenvalue weighted by Crippen LogP contribution is -2.19. The van der Waals surface area contributed by atoms with Crippen molar-refractivity contribution in [1.29, 1.82) is 0 Å². The van der Waals surface area contributed by atoms with E-state index in [0.29, 0.717) is 11.6 Å². The second-order valence-corrected chi connectivity index (χ2v) is 3.70. The third-order valence-electron chi connectivity index (χ3n) is 3.04. The summed E-state index contributed by atoms with van der Waals surface area (Å²) in [6, 6.07) is 0. The van der Waals surface area contributed by atoms with Crippen LogP contribution in [0.2, 0.25) is 0 Å². The van der Waals surface area contributed by atoms with E-state index >= 15 is 0 Å². The summed E-state index contributed by atoms with van der Waals surface area (Å²) in [4.78, 5) is 22.4. The van der Waals surface area contributed by atoms with Gasteiger partial charge < -0.3 is 0 Å². The summed E-state index contributed by atoms with van der Waals surface area (Å²) in [6.45, 7) is 0. The van der Waals surface area contributed by atoms with Crippen LogP contribution < -0.4 is 0 Å². The molecule has 0 unspecified atom stereocenters. The lowest BCUT2D eigenvalue weighted by atomic mass is 9.98. The summed E-state index contributed by atoms with van der Waals surface area (Å²) in [5.41, 5.74) is 0. The first-order valence-electron chi connectivity index (χ1n) is 3.86. The largest absolute Gasteiger partial charge is 0.299 e. The fourth-order valence-electron chi connectivity index (χ4n) is 2.20. The number of carbonyl (C=O) groups excluding carboxylic acids is 2. The van der Waals surface area contributed by atoms with E-state index in [-0.39, 0.29) is 23.7 Å².